The van der Waals surface area contributed by atoms with Gasteiger partial charge in [0.1, 0.15) is 23.9 Å². The van der Waals surface area contributed by atoms with Crippen molar-refractivity contribution in [1.29, 1.82) is 0 Å². The Morgan fingerprint density at radius 2 is 1.76 bits per heavy atom. The standard InChI is InChI=1S/C30H40O9P2/c1-15-13-30(34)25(36-26(33)18-10-8-7-9-11-18)23-28(6,24(32)22(39-41)21(16(15)2)27(30,4)5)19(38-40)12-20-29(23,14-35-20)37-17(3)31/h7-11,15,19-20,22-23,25,34H,12-14,40-41H2,1-6H3/t15-,19-,20+,22+,23?,25-,28+,29-,30+/m0/s1. The van der Waals surface area contributed by atoms with Crippen LogP contribution < -0.4 is 0 Å². The molecule has 41 heavy (non-hydrogen) atoms. The van der Waals surface area contributed by atoms with E-state index in [0.29, 0.717) is 11.1 Å². The molecule has 2 bridgehead atoms. The molecule has 11 atom stereocenters. The van der Waals surface area contributed by atoms with Crippen LogP contribution >= 0.6 is 18.9 Å². The van der Waals surface area contributed by atoms with E-state index in [-0.39, 0.29) is 31.1 Å². The average Bonchev–Trinajstić information content (AvgIpc) is 2.91. The minimum atomic E-state index is -1.70. The maximum Gasteiger partial charge on any atom is 0.338 e. The van der Waals surface area contributed by atoms with Crippen molar-refractivity contribution in [1.82, 2.24) is 0 Å². The summed E-state index contributed by atoms with van der Waals surface area (Å²) in [4.78, 5) is 41.4. The molecule has 0 radical (unpaired) electrons. The van der Waals surface area contributed by atoms with Gasteiger partial charge in [-0.2, -0.15) is 0 Å². The van der Waals surface area contributed by atoms with Gasteiger partial charge in [-0.15, -0.1) is 0 Å². The first-order valence-electron chi connectivity index (χ1n) is 14.0. The number of hydrogen-bond donors (Lipinski definition) is 1. The molecule has 2 saturated carbocycles. The minimum Gasteiger partial charge on any atom is -0.455 e. The number of benzene rings is 1. The average molecular weight is 607 g/mol. The summed E-state index contributed by atoms with van der Waals surface area (Å²) in [6.07, 6.45) is -3.24. The molecule has 1 N–H and O–H groups in total. The Morgan fingerprint density at radius 3 is 2.29 bits per heavy atom. The van der Waals surface area contributed by atoms with Crippen LogP contribution in [0.5, 0.6) is 0 Å². The second-order valence-corrected chi connectivity index (χ2v) is 13.3. The lowest BCUT2D eigenvalue weighted by Crippen LogP contribution is -2.81. The van der Waals surface area contributed by atoms with E-state index in [0.717, 1.165) is 5.57 Å². The molecule has 0 amide bonds. The van der Waals surface area contributed by atoms with Crippen LogP contribution in [0.3, 0.4) is 0 Å². The summed E-state index contributed by atoms with van der Waals surface area (Å²) in [5.41, 5.74) is -3.69. The van der Waals surface area contributed by atoms with Gasteiger partial charge in [-0.25, -0.2) is 4.79 Å². The number of hydrogen-bond acceptors (Lipinski definition) is 9. The Labute approximate surface area is 245 Å². The van der Waals surface area contributed by atoms with Gasteiger partial charge < -0.3 is 28.4 Å². The molecule has 224 valence electrons. The van der Waals surface area contributed by atoms with Gasteiger partial charge in [0.05, 0.1) is 29.6 Å². The molecule has 1 saturated heterocycles. The Morgan fingerprint density at radius 1 is 1.10 bits per heavy atom. The highest BCUT2D eigenvalue weighted by Gasteiger charge is 2.78. The van der Waals surface area contributed by atoms with Gasteiger partial charge in [-0.05, 0) is 43.9 Å². The molecule has 9 nitrogen and oxygen atoms in total. The lowest BCUT2D eigenvalue weighted by Gasteiger charge is -2.68. The van der Waals surface area contributed by atoms with Crippen molar-refractivity contribution >= 4 is 36.7 Å². The molecule has 0 spiro atoms. The van der Waals surface area contributed by atoms with Crippen molar-refractivity contribution in [2.24, 2.45) is 22.7 Å². The predicted octanol–water partition coefficient (Wildman–Crippen LogP) is 3.99. The topological polar surface area (TPSA) is 118 Å². The summed E-state index contributed by atoms with van der Waals surface area (Å²) >= 11 is 0. The Bertz CT molecular complexity index is 1280. The largest absolute Gasteiger partial charge is 0.455 e. The monoisotopic (exact) mass is 606 g/mol. The molecule has 0 aromatic heterocycles. The normalized spacial score (nSPS) is 41.2. The summed E-state index contributed by atoms with van der Waals surface area (Å²) in [6.45, 7) is 10.7. The summed E-state index contributed by atoms with van der Waals surface area (Å²) in [5, 5.41) is 13.1. The quantitative estimate of drug-likeness (QED) is 0.302. The fraction of sp³-hybridized carbons (Fsp3) is 0.633. The van der Waals surface area contributed by atoms with Crippen LogP contribution in [0.1, 0.15) is 64.7 Å². The van der Waals surface area contributed by atoms with Crippen LogP contribution in [-0.2, 0) is 32.8 Å². The Hall–Kier alpha value is -1.73. The molecule has 1 heterocycles. The highest BCUT2D eigenvalue weighted by atomic mass is 31.0. The van der Waals surface area contributed by atoms with E-state index in [1.54, 1.807) is 37.3 Å². The van der Waals surface area contributed by atoms with Gasteiger partial charge in [0.15, 0.2) is 11.4 Å². The molecule has 1 aliphatic heterocycles. The second kappa shape index (κ2) is 10.5. The van der Waals surface area contributed by atoms with Crippen LogP contribution in [0.15, 0.2) is 41.5 Å². The zero-order chi connectivity index (χ0) is 30.1. The third-order valence-corrected chi connectivity index (χ3v) is 11.1. The first-order valence-corrected chi connectivity index (χ1v) is 14.9. The number of rotatable bonds is 5. The number of aliphatic hydroxyl groups is 1. The van der Waals surface area contributed by atoms with E-state index in [1.807, 2.05) is 27.7 Å². The molecule has 3 unspecified atom stereocenters. The smallest absolute Gasteiger partial charge is 0.338 e. The van der Waals surface area contributed by atoms with E-state index in [1.165, 1.54) is 6.92 Å². The maximum absolute atomic E-state index is 14.9. The molecule has 1 aromatic rings. The summed E-state index contributed by atoms with van der Waals surface area (Å²) < 4.78 is 30.2. The Kier molecular flexibility index (Phi) is 7.84. The van der Waals surface area contributed by atoms with E-state index < -0.39 is 64.3 Å². The van der Waals surface area contributed by atoms with E-state index in [9.17, 15) is 19.5 Å². The van der Waals surface area contributed by atoms with Gasteiger partial charge >= 0.3 is 11.9 Å². The van der Waals surface area contributed by atoms with Gasteiger partial charge in [0, 0.05) is 37.7 Å². The van der Waals surface area contributed by atoms with E-state index in [4.69, 9.17) is 23.3 Å². The van der Waals surface area contributed by atoms with Crippen molar-refractivity contribution in [2.45, 2.75) is 90.0 Å². The fourth-order valence-electron chi connectivity index (χ4n) is 8.19. The summed E-state index contributed by atoms with van der Waals surface area (Å²) in [6, 6.07) is 8.51. The van der Waals surface area contributed by atoms with Gasteiger partial charge in [-0.3, -0.25) is 9.59 Å². The molecule has 3 fully saturated rings. The van der Waals surface area contributed by atoms with E-state index in [2.05, 4.69) is 18.9 Å². The van der Waals surface area contributed by atoms with Crippen molar-refractivity contribution < 1.29 is 42.7 Å². The van der Waals surface area contributed by atoms with Gasteiger partial charge in [-0.1, -0.05) is 44.5 Å². The predicted molar refractivity (Wildman–Crippen MR) is 155 cm³/mol. The van der Waals surface area contributed by atoms with Crippen LogP contribution in [0, 0.1) is 22.7 Å². The van der Waals surface area contributed by atoms with E-state index >= 15 is 0 Å². The maximum atomic E-state index is 14.9. The summed E-state index contributed by atoms with van der Waals surface area (Å²) in [7, 11) is 4.46. The molecular formula is C30H40O9P2. The number of Topliss-reactive ketones (excluding diaryl/α,β-unsaturated/α-hetero) is 1. The number of esters is 2. The number of allylic oxidation sites excluding steroid dienone is 1. The highest BCUT2D eigenvalue weighted by Crippen LogP contribution is 2.65. The van der Waals surface area contributed by atoms with Crippen molar-refractivity contribution in [3.8, 4) is 0 Å². The summed E-state index contributed by atoms with van der Waals surface area (Å²) in [5.74, 6) is -2.72. The number of ketones is 1. The minimum absolute atomic E-state index is 0.0199. The SMILES string of the molecule is CC(=O)O[C@@]12CO[C@@H]1C[C@H](OP)[C@@]1(C)C(=O)[C@H](OP)C3=C(C)[C@@H](C)C[C@@](O)([C@@H](OC(=O)c4ccccc4)C12)C3(C)C. The highest BCUT2D eigenvalue weighted by molar-refractivity contribution is 7.10. The van der Waals surface area contributed by atoms with Crippen molar-refractivity contribution in [3.05, 3.63) is 47.0 Å². The fourth-order valence-corrected chi connectivity index (χ4v) is 8.84. The molecule has 5 rings (SSSR count). The lowest BCUT2D eigenvalue weighted by molar-refractivity contribution is -0.343. The second-order valence-electron chi connectivity index (χ2n) is 12.8. The molecule has 1 aromatic carbocycles. The number of carbonyl (C=O) groups is 3. The number of fused-ring (bicyclic) bond motifs is 5. The first-order chi connectivity index (χ1) is 19.2. The lowest BCUT2D eigenvalue weighted by atomic mass is 9.44. The van der Waals surface area contributed by atoms with Crippen LogP contribution in [0.2, 0.25) is 0 Å². The zero-order valence-electron chi connectivity index (χ0n) is 24.3. The Balaban J connectivity index is 1.84. The third kappa shape index (κ3) is 4.22. The van der Waals surface area contributed by atoms with Gasteiger partial charge in [0.2, 0.25) is 0 Å². The third-order valence-electron chi connectivity index (χ3n) is 10.5. The first kappa shape index (κ1) is 30.7. The molecule has 4 aliphatic rings. The van der Waals surface area contributed by atoms with Crippen LogP contribution in [-0.4, -0.2) is 65.1 Å². The molecule has 3 aliphatic carbocycles. The number of carbonyl (C=O) groups excluding carboxylic acids is 3. The number of ether oxygens (including phenoxy) is 3. The van der Waals surface area contributed by atoms with Crippen LogP contribution in [0.4, 0.5) is 0 Å². The zero-order valence-corrected chi connectivity index (χ0v) is 26.6. The molecular weight excluding hydrogens is 566 g/mol. The molecule has 11 heteroatoms. The van der Waals surface area contributed by atoms with Gasteiger partial charge in [0.25, 0.3) is 0 Å². The van der Waals surface area contributed by atoms with Crippen molar-refractivity contribution in [2.75, 3.05) is 6.61 Å². The van der Waals surface area contributed by atoms with Crippen molar-refractivity contribution in [3.63, 3.8) is 0 Å². The van der Waals surface area contributed by atoms with Crippen LogP contribution in [0.25, 0.3) is 0 Å².